The van der Waals surface area contributed by atoms with Crippen molar-refractivity contribution in [1.29, 1.82) is 0 Å². The Hall–Kier alpha value is -1.77. The Morgan fingerprint density at radius 3 is 2.64 bits per heavy atom. The van der Waals surface area contributed by atoms with E-state index in [0.29, 0.717) is 10.0 Å². The summed E-state index contributed by atoms with van der Waals surface area (Å²) < 4.78 is 0. The van der Waals surface area contributed by atoms with Crippen molar-refractivity contribution in [1.82, 2.24) is 0 Å². The molecule has 0 aliphatic carbocycles. The maximum Gasteiger partial charge on any atom is 0.248 e. The van der Waals surface area contributed by atoms with Crippen molar-refractivity contribution in [2.75, 3.05) is 5.32 Å². The Bertz CT molecular complexity index is 723. The summed E-state index contributed by atoms with van der Waals surface area (Å²) in [4.78, 5) is 12.1. The summed E-state index contributed by atoms with van der Waals surface area (Å²) in [5.74, 6) is -0.171. The van der Waals surface area contributed by atoms with Crippen molar-refractivity contribution in [2.45, 2.75) is 20.3 Å². The molecular formula is C18H17Cl2NO. The van der Waals surface area contributed by atoms with Crippen molar-refractivity contribution in [2.24, 2.45) is 0 Å². The Labute approximate surface area is 140 Å². The standard InChI is InChI=1S/C18H17Cl2NO/c1-3-14-6-4-5-12(2)18(14)21-17(22)10-8-13-7-9-15(19)16(20)11-13/h4-11H,3H2,1-2H3,(H,21,22)/b10-8+. The van der Waals surface area contributed by atoms with Gasteiger partial charge in [0.05, 0.1) is 10.0 Å². The smallest absolute Gasteiger partial charge is 0.248 e. The molecule has 2 aromatic rings. The normalized spacial score (nSPS) is 10.9. The summed E-state index contributed by atoms with van der Waals surface area (Å²) in [6, 6.07) is 11.2. The van der Waals surface area contributed by atoms with E-state index >= 15 is 0 Å². The first-order chi connectivity index (χ1) is 10.5. The summed E-state index contributed by atoms with van der Waals surface area (Å²) in [6.45, 7) is 4.05. The lowest BCUT2D eigenvalue weighted by molar-refractivity contribution is -0.111. The van der Waals surface area contributed by atoms with E-state index < -0.39 is 0 Å². The van der Waals surface area contributed by atoms with Crippen LogP contribution >= 0.6 is 23.2 Å². The largest absolute Gasteiger partial charge is 0.322 e. The van der Waals surface area contributed by atoms with Crippen molar-refractivity contribution in [3.8, 4) is 0 Å². The maximum atomic E-state index is 12.1. The van der Waals surface area contributed by atoms with Crippen LogP contribution in [0, 0.1) is 6.92 Å². The Morgan fingerprint density at radius 1 is 1.18 bits per heavy atom. The number of nitrogens with one attached hydrogen (secondary N) is 1. The molecule has 0 spiro atoms. The van der Waals surface area contributed by atoms with Crippen LogP contribution in [0.5, 0.6) is 0 Å². The van der Waals surface area contributed by atoms with E-state index in [9.17, 15) is 4.79 Å². The van der Waals surface area contributed by atoms with Gasteiger partial charge in [0.15, 0.2) is 0 Å². The third-order valence-corrected chi connectivity index (χ3v) is 4.10. The molecule has 4 heteroatoms. The van der Waals surface area contributed by atoms with Gasteiger partial charge >= 0.3 is 0 Å². The molecule has 0 aliphatic heterocycles. The molecule has 0 unspecified atom stereocenters. The molecule has 0 saturated heterocycles. The first kappa shape index (κ1) is 16.6. The molecule has 0 heterocycles. The van der Waals surface area contributed by atoms with Crippen LogP contribution in [-0.2, 0) is 11.2 Å². The number of hydrogen-bond donors (Lipinski definition) is 1. The molecular weight excluding hydrogens is 317 g/mol. The monoisotopic (exact) mass is 333 g/mol. The highest BCUT2D eigenvalue weighted by Gasteiger charge is 2.06. The van der Waals surface area contributed by atoms with E-state index in [2.05, 4.69) is 12.2 Å². The molecule has 114 valence electrons. The van der Waals surface area contributed by atoms with Crippen LogP contribution in [0.4, 0.5) is 5.69 Å². The summed E-state index contributed by atoms with van der Waals surface area (Å²) in [6.07, 6.45) is 4.07. The second-order valence-electron chi connectivity index (χ2n) is 4.96. The number of para-hydroxylation sites is 1. The summed E-state index contributed by atoms with van der Waals surface area (Å²) in [5, 5.41) is 3.91. The maximum absolute atomic E-state index is 12.1. The van der Waals surface area contributed by atoms with Crippen molar-refractivity contribution >= 4 is 40.9 Å². The fourth-order valence-electron chi connectivity index (χ4n) is 2.15. The predicted molar refractivity (Wildman–Crippen MR) is 94.7 cm³/mol. The number of carbonyl (C=O) groups is 1. The summed E-state index contributed by atoms with van der Waals surface area (Å²) in [7, 11) is 0. The van der Waals surface area contributed by atoms with Crippen LogP contribution in [0.2, 0.25) is 10.0 Å². The lowest BCUT2D eigenvalue weighted by atomic mass is 10.1. The number of carbonyl (C=O) groups excluding carboxylic acids is 1. The quantitative estimate of drug-likeness (QED) is 0.733. The molecule has 2 nitrogen and oxygen atoms in total. The molecule has 0 aromatic heterocycles. The number of hydrogen-bond acceptors (Lipinski definition) is 1. The number of aryl methyl sites for hydroxylation is 2. The van der Waals surface area contributed by atoms with E-state index in [-0.39, 0.29) is 5.91 Å². The first-order valence-electron chi connectivity index (χ1n) is 7.04. The van der Waals surface area contributed by atoms with Gasteiger partial charge in [-0.15, -0.1) is 0 Å². The van der Waals surface area contributed by atoms with Gasteiger partial charge in [-0.1, -0.05) is 54.4 Å². The molecule has 0 bridgehead atoms. The highest BCUT2D eigenvalue weighted by atomic mass is 35.5. The van der Waals surface area contributed by atoms with Crippen molar-refractivity contribution in [3.63, 3.8) is 0 Å². The molecule has 2 aromatic carbocycles. The van der Waals surface area contributed by atoms with Gasteiger partial charge in [0.2, 0.25) is 5.91 Å². The number of rotatable bonds is 4. The number of benzene rings is 2. The topological polar surface area (TPSA) is 29.1 Å². The van der Waals surface area contributed by atoms with E-state index in [1.807, 2.05) is 31.2 Å². The zero-order valence-electron chi connectivity index (χ0n) is 12.5. The van der Waals surface area contributed by atoms with Gasteiger partial charge in [-0.2, -0.15) is 0 Å². The minimum atomic E-state index is -0.171. The lowest BCUT2D eigenvalue weighted by Gasteiger charge is -2.11. The van der Waals surface area contributed by atoms with Crippen molar-refractivity contribution < 1.29 is 4.79 Å². The zero-order valence-corrected chi connectivity index (χ0v) is 14.0. The number of anilines is 1. The third-order valence-electron chi connectivity index (χ3n) is 3.36. The third kappa shape index (κ3) is 4.12. The average molecular weight is 334 g/mol. The zero-order chi connectivity index (χ0) is 16.1. The highest BCUT2D eigenvalue weighted by molar-refractivity contribution is 6.42. The van der Waals surface area contributed by atoms with Gasteiger partial charge in [-0.25, -0.2) is 0 Å². The van der Waals surface area contributed by atoms with Gasteiger partial charge in [0.1, 0.15) is 0 Å². The fourth-order valence-corrected chi connectivity index (χ4v) is 2.46. The van der Waals surface area contributed by atoms with Gasteiger partial charge in [-0.3, -0.25) is 4.79 Å². The number of amides is 1. The summed E-state index contributed by atoms with van der Waals surface area (Å²) in [5.41, 5.74) is 3.88. The Kier molecular flexibility index (Phi) is 5.64. The molecule has 1 N–H and O–H groups in total. The second-order valence-corrected chi connectivity index (χ2v) is 5.77. The molecule has 0 radical (unpaired) electrons. The highest BCUT2D eigenvalue weighted by Crippen LogP contribution is 2.23. The lowest BCUT2D eigenvalue weighted by Crippen LogP contribution is -2.11. The Balaban J connectivity index is 2.13. The molecule has 0 atom stereocenters. The van der Waals surface area contributed by atoms with Crippen LogP contribution in [0.3, 0.4) is 0 Å². The van der Waals surface area contributed by atoms with E-state index in [1.54, 1.807) is 18.2 Å². The van der Waals surface area contributed by atoms with Crippen LogP contribution in [0.15, 0.2) is 42.5 Å². The summed E-state index contributed by atoms with van der Waals surface area (Å²) >= 11 is 11.8. The van der Waals surface area contributed by atoms with Crippen LogP contribution in [-0.4, -0.2) is 5.91 Å². The van der Waals surface area contributed by atoms with Gasteiger partial charge < -0.3 is 5.32 Å². The molecule has 0 fully saturated rings. The first-order valence-corrected chi connectivity index (χ1v) is 7.79. The SMILES string of the molecule is CCc1cccc(C)c1NC(=O)/C=C/c1ccc(Cl)c(Cl)c1. The minimum Gasteiger partial charge on any atom is -0.322 e. The second kappa shape index (κ2) is 7.48. The van der Waals surface area contributed by atoms with Gasteiger partial charge in [0, 0.05) is 11.8 Å². The predicted octanol–water partition coefficient (Wildman–Crippen LogP) is 5.52. The number of halogens is 2. The molecule has 0 aliphatic rings. The van der Waals surface area contributed by atoms with Crippen LogP contribution in [0.25, 0.3) is 6.08 Å². The molecule has 1 amide bonds. The van der Waals surface area contributed by atoms with Gasteiger partial charge in [0.25, 0.3) is 0 Å². The van der Waals surface area contributed by atoms with E-state index in [0.717, 1.165) is 28.8 Å². The molecule has 0 saturated carbocycles. The van der Waals surface area contributed by atoms with Gasteiger partial charge in [-0.05, 0) is 48.2 Å². The average Bonchev–Trinajstić information content (AvgIpc) is 2.50. The minimum absolute atomic E-state index is 0.171. The van der Waals surface area contributed by atoms with Crippen LogP contribution < -0.4 is 5.32 Å². The van der Waals surface area contributed by atoms with E-state index in [1.165, 1.54) is 6.08 Å². The van der Waals surface area contributed by atoms with E-state index in [4.69, 9.17) is 23.2 Å². The Morgan fingerprint density at radius 2 is 1.95 bits per heavy atom. The van der Waals surface area contributed by atoms with Crippen LogP contribution in [0.1, 0.15) is 23.6 Å². The fraction of sp³-hybridized carbons (Fsp3) is 0.167. The molecule has 2 rings (SSSR count). The molecule has 22 heavy (non-hydrogen) atoms. The van der Waals surface area contributed by atoms with Crippen molar-refractivity contribution in [3.05, 3.63) is 69.2 Å².